The molecule has 31 heavy (non-hydrogen) atoms. The molecule has 0 bridgehead atoms. The average Bonchev–Trinajstić information content (AvgIpc) is 2.71. The molecule has 0 aliphatic heterocycles. The summed E-state index contributed by atoms with van der Waals surface area (Å²) in [5.74, 6) is -2.02. The van der Waals surface area contributed by atoms with Gasteiger partial charge in [0.2, 0.25) is 5.88 Å². The molecule has 8 nitrogen and oxygen atoms in total. The molecule has 0 aliphatic rings. The Kier molecular flexibility index (Phi) is 6.60. The molecule has 3 rings (SSSR count). The van der Waals surface area contributed by atoms with Crippen molar-refractivity contribution in [3.05, 3.63) is 41.2 Å². The van der Waals surface area contributed by atoms with E-state index in [0.717, 1.165) is 13.2 Å². The molecule has 0 saturated carbocycles. The summed E-state index contributed by atoms with van der Waals surface area (Å²) in [5.41, 5.74) is -0.0407. The van der Waals surface area contributed by atoms with Gasteiger partial charge in [0, 0.05) is 29.6 Å². The summed E-state index contributed by atoms with van der Waals surface area (Å²) >= 11 is 5.98. The van der Waals surface area contributed by atoms with Crippen molar-refractivity contribution in [3.8, 4) is 11.8 Å². The second-order valence-corrected chi connectivity index (χ2v) is 8.14. The Morgan fingerprint density at radius 3 is 2.55 bits per heavy atom. The maximum absolute atomic E-state index is 14.3. The van der Waals surface area contributed by atoms with E-state index in [-0.39, 0.29) is 27.7 Å². The van der Waals surface area contributed by atoms with Crippen LogP contribution < -0.4 is 19.5 Å². The summed E-state index contributed by atoms with van der Waals surface area (Å²) in [7, 11) is -1.58. The Hall–Kier alpha value is -2.99. The molecular weight excluding hydrogens is 461 g/mol. The first-order valence-electron chi connectivity index (χ1n) is 8.61. The number of nitrogens with one attached hydrogen (secondary N) is 2. The van der Waals surface area contributed by atoms with Gasteiger partial charge in [0.15, 0.2) is 12.4 Å². The van der Waals surface area contributed by atoms with Crippen LogP contribution in [0.4, 0.5) is 24.7 Å². The molecule has 0 spiro atoms. The second kappa shape index (κ2) is 9.02. The summed E-state index contributed by atoms with van der Waals surface area (Å²) in [4.78, 5) is 7.73. The summed E-state index contributed by atoms with van der Waals surface area (Å²) in [6.45, 7) is -1.09. The number of anilines is 2. The first-order valence-corrected chi connectivity index (χ1v) is 10.5. The first-order chi connectivity index (χ1) is 14.6. The largest absolute Gasteiger partial charge is 0.479 e. The SMILES string of the molecule is CNc1cc(S(=O)(=O)Nc2cc(F)c(OCC(F)F)nc2OC)c2ccc(Cl)cc2n1. The molecule has 0 radical (unpaired) electrons. The summed E-state index contributed by atoms with van der Waals surface area (Å²) in [6.07, 6.45) is -2.85. The third-order valence-corrected chi connectivity index (χ3v) is 5.61. The van der Waals surface area contributed by atoms with Crippen LogP contribution in [0.5, 0.6) is 11.8 Å². The standard InChI is InChI=1S/C18H16ClF3N4O4S/c1-23-16-7-14(10-4-3-9(19)5-12(10)24-16)31(27,28)26-13-6-11(20)17(25-18(13)29-2)30-8-15(21)22/h3-7,15,26H,8H2,1-2H3,(H,23,24). The summed E-state index contributed by atoms with van der Waals surface area (Å²) in [6, 6.07) is 6.49. The fourth-order valence-corrected chi connectivity index (χ4v) is 4.09. The molecule has 0 unspecified atom stereocenters. The number of pyridine rings is 2. The molecule has 0 atom stereocenters. The van der Waals surface area contributed by atoms with Gasteiger partial charge in [-0.1, -0.05) is 11.6 Å². The number of alkyl halides is 2. The van der Waals surface area contributed by atoms with Gasteiger partial charge < -0.3 is 14.8 Å². The normalized spacial score (nSPS) is 11.6. The maximum Gasteiger partial charge on any atom is 0.272 e. The van der Waals surface area contributed by atoms with E-state index in [9.17, 15) is 21.6 Å². The molecule has 2 N–H and O–H groups in total. The van der Waals surface area contributed by atoms with E-state index in [2.05, 4.69) is 24.7 Å². The lowest BCUT2D eigenvalue weighted by Gasteiger charge is -2.15. The van der Waals surface area contributed by atoms with Gasteiger partial charge in [-0.05, 0) is 18.2 Å². The molecule has 13 heteroatoms. The summed E-state index contributed by atoms with van der Waals surface area (Å²) in [5, 5.41) is 3.38. The fraction of sp³-hybridized carbons (Fsp3) is 0.222. The predicted molar refractivity (Wildman–Crippen MR) is 109 cm³/mol. The number of benzene rings is 1. The predicted octanol–water partition coefficient (Wildman–Crippen LogP) is 3.92. The van der Waals surface area contributed by atoms with Gasteiger partial charge in [0.1, 0.15) is 16.4 Å². The van der Waals surface area contributed by atoms with Crippen LogP contribution in [0.15, 0.2) is 35.2 Å². The quantitative estimate of drug-likeness (QED) is 0.508. The number of methoxy groups -OCH3 is 1. The number of hydrogen-bond donors (Lipinski definition) is 2. The van der Waals surface area contributed by atoms with E-state index in [1.54, 1.807) is 7.05 Å². The van der Waals surface area contributed by atoms with Crippen LogP contribution in [0, 0.1) is 5.82 Å². The minimum absolute atomic E-state index is 0.168. The maximum atomic E-state index is 14.3. The number of halogens is 4. The zero-order valence-electron chi connectivity index (χ0n) is 16.1. The van der Waals surface area contributed by atoms with Crippen molar-refractivity contribution in [2.24, 2.45) is 0 Å². The highest BCUT2D eigenvalue weighted by Crippen LogP contribution is 2.33. The van der Waals surface area contributed by atoms with E-state index in [1.165, 1.54) is 24.3 Å². The van der Waals surface area contributed by atoms with Crippen LogP contribution in [0.2, 0.25) is 5.02 Å². The van der Waals surface area contributed by atoms with Crippen molar-refractivity contribution >= 4 is 44.0 Å². The molecule has 2 aromatic heterocycles. The first kappa shape index (κ1) is 22.7. The minimum atomic E-state index is -4.29. The van der Waals surface area contributed by atoms with Crippen molar-refractivity contribution < 1.29 is 31.1 Å². The molecule has 166 valence electrons. The molecule has 0 fully saturated rings. The van der Waals surface area contributed by atoms with Crippen LogP contribution in [0.1, 0.15) is 0 Å². The molecule has 0 amide bonds. The minimum Gasteiger partial charge on any atom is -0.479 e. The zero-order chi connectivity index (χ0) is 22.8. The van der Waals surface area contributed by atoms with Crippen LogP contribution in [0.25, 0.3) is 10.9 Å². The number of aromatic nitrogens is 2. The van der Waals surface area contributed by atoms with Crippen molar-refractivity contribution in [2.75, 3.05) is 30.8 Å². The molecule has 0 saturated heterocycles. The van der Waals surface area contributed by atoms with Crippen molar-refractivity contribution in [1.82, 2.24) is 9.97 Å². The van der Waals surface area contributed by atoms with Crippen molar-refractivity contribution in [3.63, 3.8) is 0 Å². The second-order valence-electron chi connectivity index (χ2n) is 6.06. The van der Waals surface area contributed by atoms with Gasteiger partial charge in [-0.25, -0.2) is 26.6 Å². The van der Waals surface area contributed by atoms with E-state index in [4.69, 9.17) is 16.3 Å². The lowest BCUT2D eigenvalue weighted by atomic mass is 10.2. The number of nitrogens with zero attached hydrogens (tertiary/aromatic N) is 2. The zero-order valence-corrected chi connectivity index (χ0v) is 17.7. The number of rotatable bonds is 8. The smallest absolute Gasteiger partial charge is 0.272 e. The number of hydrogen-bond acceptors (Lipinski definition) is 7. The highest BCUT2D eigenvalue weighted by Gasteiger charge is 2.24. The monoisotopic (exact) mass is 476 g/mol. The third-order valence-electron chi connectivity index (χ3n) is 3.97. The Bertz CT molecular complexity index is 1230. The van der Waals surface area contributed by atoms with Gasteiger partial charge in [0.25, 0.3) is 22.3 Å². The Labute approximate surface area is 180 Å². The molecule has 1 aromatic carbocycles. The van der Waals surface area contributed by atoms with Crippen LogP contribution >= 0.6 is 11.6 Å². The molecule has 2 heterocycles. The van der Waals surface area contributed by atoms with Gasteiger partial charge in [-0.2, -0.15) is 4.98 Å². The van der Waals surface area contributed by atoms with Gasteiger partial charge in [-0.3, -0.25) is 4.72 Å². The number of fused-ring (bicyclic) bond motifs is 1. The van der Waals surface area contributed by atoms with Crippen molar-refractivity contribution in [2.45, 2.75) is 11.3 Å². The number of ether oxygens (including phenoxy) is 2. The van der Waals surface area contributed by atoms with Crippen molar-refractivity contribution in [1.29, 1.82) is 0 Å². The lowest BCUT2D eigenvalue weighted by Crippen LogP contribution is -2.16. The topological polar surface area (TPSA) is 102 Å². The van der Waals surface area contributed by atoms with E-state index in [0.29, 0.717) is 10.5 Å². The van der Waals surface area contributed by atoms with Gasteiger partial charge in [-0.15, -0.1) is 0 Å². The highest BCUT2D eigenvalue weighted by atomic mass is 35.5. The Morgan fingerprint density at radius 1 is 1.16 bits per heavy atom. The molecule has 0 aliphatic carbocycles. The Morgan fingerprint density at radius 2 is 1.90 bits per heavy atom. The van der Waals surface area contributed by atoms with E-state index in [1.807, 2.05) is 0 Å². The fourth-order valence-electron chi connectivity index (χ4n) is 2.65. The van der Waals surface area contributed by atoms with Crippen LogP contribution in [-0.2, 0) is 10.0 Å². The van der Waals surface area contributed by atoms with Crippen LogP contribution in [0.3, 0.4) is 0 Å². The Balaban J connectivity index is 2.05. The van der Waals surface area contributed by atoms with E-state index >= 15 is 0 Å². The van der Waals surface area contributed by atoms with Gasteiger partial charge in [0.05, 0.1) is 12.6 Å². The summed E-state index contributed by atoms with van der Waals surface area (Å²) < 4.78 is 76.9. The molecular formula is C18H16ClF3N4O4S. The highest BCUT2D eigenvalue weighted by molar-refractivity contribution is 7.93. The van der Waals surface area contributed by atoms with Crippen LogP contribution in [-0.4, -0.2) is 45.6 Å². The number of sulfonamides is 1. The third kappa shape index (κ3) is 5.02. The lowest BCUT2D eigenvalue weighted by molar-refractivity contribution is 0.0770. The van der Waals surface area contributed by atoms with Gasteiger partial charge >= 0.3 is 0 Å². The van der Waals surface area contributed by atoms with E-state index < -0.39 is 34.8 Å². The average molecular weight is 477 g/mol. The molecule has 3 aromatic rings.